The molecular weight excluding hydrogens is 286 g/mol. The highest BCUT2D eigenvalue weighted by Crippen LogP contribution is 2.39. The van der Waals surface area contributed by atoms with Gasteiger partial charge in [0.25, 0.3) is 5.91 Å². The first-order valence-electron chi connectivity index (χ1n) is 9.14. The van der Waals surface area contributed by atoms with Crippen molar-refractivity contribution in [3.05, 3.63) is 29.8 Å². The van der Waals surface area contributed by atoms with E-state index in [9.17, 15) is 4.79 Å². The van der Waals surface area contributed by atoms with E-state index in [2.05, 4.69) is 31.7 Å². The Labute approximate surface area is 140 Å². The maximum absolute atomic E-state index is 12.7. The lowest BCUT2D eigenvalue weighted by Gasteiger charge is -2.29. The number of hydrogen-bond donors (Lipinski definition) is 0. The summed E-state index contributed by atoms with van der Waals surface area (Å²) in [4.78, 5) is 14.8. The van der Waals surface area contributed by atoms with Crippen LogP contribution in [0.2, 0.25) is 0 Å². The highest BCUT2D eigenvalue weighted by Gasteiger charge is 2.41. The Morgan fingerprint density at radius 3 is 2.52 bits per heavy atom. The number of carbonyl (C=O) groups is 1. The Bertz CT molecular complexity index is 548. The first kappa shape index (κ1) is 16.4. The van der Waals surface area contributed by atoms with Crippen molar-refractivity contribution in [2.45, 2.75) is 70.9 Å². The molecule has 1 amide bonds. The number of ether oxygens (including phenoxy) is 1. The second-order valence-corrected chi connectivity index (χ2v) is 7.25. The Balaban J connectivity index is 1.64. The van der Waals surface area contributed by atoms with Crippen LogP contribution in [0.25, 0.3) is 0 Å². The van der Waals surface area contributed by atoms with Gasteiger partial charge in [0, 0.05) is 12.1 Å². The zero-order valence-electron chi connectivity index (χ0n) is 14.6. The molecule has 2 aliphatic rings. The van der Waals surface area contributed by atoms with Gasteiger partial charge in [0.2, 0.25) is 0 Å². The topological polar surface area (TPSA) is 29.5 Å². The van der Waals surface area contributed by atoms with Crippen molar-refractivity contribution in [3.63, 3.8) is 0 Å². The smallest absolute Gasteiger partial charge is 0.261 e. The fourth-order valence-electron chi connectivity index (χ4n) is 3.37. The van der Waals surface area contributed by atoms with Crippen LogP contribution >= 0.6 is 0 Å². The number of nitrogens with zero attached hydrogens (tertiary/aromatic N) is 1. The van der Waals surface area contributed by atoms with Crippen LogP contribution in [0.1, 0.15) is 64.4 Å². The number of hydrogen-bond acceptors (Lipinski definition) is 2. The molecule has 3 rings (SSSR count). The summed E-state index contributed by atoms with van der Waals surface area (Å²) < 4.78 is 5.94. The molecule has 23 heavy (non-hydrogen) atoms. The van der Waals surface area contributed by atoms with Crippen molar-refractivity contribution < 1.29 is 9.53 Å². The van der Waals surface area contributed by atoms with Gasteiger partial charge in [0.1, 0.15) is 5.75 Å². The molecule has 0 N–H and O–H groups in total. The predicted molar refractivity (Wildman–Crippen MR) is 92.7 cm³/mol. The number of rotatable bonds is 8. The normalized spacial score (nSPS) is 20.0. The van der Waals surface area contributed by atoms with Gasteiger partial charge in [-0.3, -0.25) is 4.79 Å². The van der Waals surface area contributed by atoms with Gasteiger partial charge in [0.15, 0.2) is 6.61 Å². The molecular formula is C20H29NO2. The fourth-order valence-corrected chi connectivity index (χ4v) is 3.37. The molecule has 1 aromatic carbocycles. The molecule has 0 aliphatic heterocycles. The van der Waals surface area contributed by atoms with Crippen molar-refractivity contribution in [3.8, 4) is 5.75 Å². The highest BCUT2D eigenvalue weighted by atomic mass is 16.5. The summed E-state index contributed by atoms with van der Waals surface area (Å²) in [6.07, 6.45) is 5.94. The average molecular weight is 315 g/mol. The van der Waals surface area contributed by atoms with Crippen LogP contribution in [0.4, 0.5) is 0 Å². The molecule has 1 aromatic rings. The van der Waals surface area contributed by atoms with Gasteiger partial charge in [0.05, 0.1) is 0 Å². The van der Waals surface area contributed by atoms with Crippen LogP contribution in [-0.2, 0) is 4.79 Å². The van der Waals surface area contributed by atoms with Crippen LogP contribution in [-0.4, -0.2) is 29.5 Å². The van der Waals surface area contributed by atoms with E-state index in [1.807, 2.05) is 18.2 Å². The Morgan fingerprint density at radius 2 is 1.91 bits per heavy atom. The molecule has 2 aliphatic carbocycles. The molecule has 0 saturated heterocycles. The van der Waals surface area contributed by atoms with E-state index in [0.29, 0.717) is 23.9 Å². The van der Waals surface area contributed by atoms with Gasteiger partial charge >= 0.3 is 0 Å². The summed E-state index contributed by atoms with van der Waals surface area (Å²) in [5.41, 5.74) is 1.20. The summed E-state index contributed by atoms with van der Waals surface area (Å²) in [7, 11) is 0. The van der Waals surface area contributed by atoms with E-state index in [0.717, 1.165) is 25.0 Å². The van der Waals surface area contributed by atoms with E-state index in [4.69, 9.17) is 4.74 Å². The van der Waals surface area contributed by atoms with Crippen LogP contribution in [0, 0.1) is 5.92 Å². The Kier molecular flexibility index (Phi) is 4.93. The third-order valence-corrected chi connectivity index (χ3v) is 5.38. The first-order valence-corrected chi connectivity index (χ1v) is 9.14. The van der Waals surface area contributed by atoms with Crippen molar-refractivity contribution in [2.75, 3.05) is 6.61 Å². The van der Waals surface area contributed by atoms with E-state index in [1.54, 1.807) is 0 Å². The Hall–Kier alpha value is -1.51. The second kappa shape index (κ2) is 6.94. The molecule has 2 unspecified atom stereocenters. The van der Waals surface area contributed by atoms with Gasteiger partial charge in [-0.2, -0.15) is 0 Å². The van der Waals surface area contributed by atoms with Crippen molar-refractivity contribution in [1.29, 1.82) is 0 Å². The third kappa shape index (κ3) is 3.88. The quantitative estimate of drug-likeness (QED) is 0.713. The molecule has 0 spiro atoms. The lowest BCUT2D eigenvalue weighted by molar-refractivity contribution is -0.136. The van der Waals surface area contributed by atoms with E-state index in [-0.39, 0.29) is 12.5 Å². The molecule has 3 heteroatoms. The summed E-state index contributed by atoms with van der Waals surface area (Å²) >= 11 is 0. The number of para-hydroxylation sites is 1. The van der Waals surface area contributed by atoms with Crippen LogP contribution in [0.15, 0.2) is 24.3 Å². The minimum atomic E-state index is 0.158. The van der Waals surface area contributed by atoms with E-state index in [1.165, 1.54) is 18.4 Å². The van der Waals surface area contributed by atoms with Crippen molar-refractivity contribution in [2.24, 2.45) is 5.92 Å². The molecule has 0 heterocycles. The SMILES string of the molecule is CCC(C)c1ccccc1OCC(=O)N(C1CC1)C(C)C1CC1. The molecule has 2 saturated carbocycles. The Morgan fingerprint density at radius 1 is 1.22 bits per heavy atom. The first-order chi connectivity index (χ1) is 11.1. The minimum Gasteiger partial charge on any atom is -0.483 e. The van der Waals surface area contributed by atoms with E-state index < -0.39 is 0 Å². The van der Waals surface area contributed by atoms with Gasteiger partial charge in [-0.05, 0) is 62.5 Å². The van der Waals surface area contributed by atoms with Gasteiger partial charge in [-0.1, -0.05) is 32.0 Å². The van der Waals surface area contributed by atoms with Gasteiger partial charge in [-0.25, -0.2) is 0 Å². The number of benzene rings is 1. The predicted octanol–water partition coefficient (Wildman–Crippen LogP) is 4.37. The summed E-state index contributed by atoms with van der Waals surface area (Å²) in [6, 6.07) is 8.97. The maximum atomic E-state index is 12.7. The van der Waals surface area contributed by atoms with Gasteiger partial charge in [-0.15, -0.1) is 0 Å². The monoisotopic (exact) mass is 315 g/mol. The van der Waals surface area contributed by atoms with Gasteiger partial charge < -0.3 is 9.64 Å². The summed E-state index contributed by atoms with van der Waals surface area (Å²) in [5, 5.41) is 0. The lowest BCUT2D eigenvalue weighted by atomic mass is 9.98. The lowest BCUT2D eigenvalue weighted by Crippen LogP contribution is -2.44. The molecule has 3 nitrogen and oxygen atoms in total. The fraction of sp³-hybridized carbons (Fsp3) is 0.650. The van der Waals surface area contributed by atoms with E-state index >= 15 is 0 Å². The second-order valence-electron chi connectivity index (χ2n) is 7.25. The largest absolute Gasteiger partial charge is 0.483 e. The molecule has 0 aromatic heterocycles. The molecule has 2 fully saturated rings. The van der Waals surface area contributed by atoms with Crippen LogP contribution in [0.5, 0.6) is 5.75 Å². The molecule has 0 radical (unpaired) electrons. The van der Waals surface area contributed by atoms with Crippen molar-refractivity contribution >= 4 is 5.91 Å². The molecule has 126 valence electrons. The average Bonchev–Trinajstić information content (AvgIpc) is 3.45. The third-order valence-electron chi connectivity index (χ3n) is 5.38. The summed E-state index contributed by atoms with van der Waals surface area (Å²) in [6.45, 7) is 6.76. The summed E-state index contributed by atoms with van der Waals surface area (Å²) in [5.74, 6) is 2.19. The zero-order chi connectivity index (χ0) is 16.4. The number of carbonyl (C=O) groups excluding carboxylic acids is 1. The van der Waals surface area contributed by atoms with Crippen molar-refractivity contribution in [1.82, 2.24) is 4.90 Å². The molecule has 2 atom stereocenters. The highest BCUT2D eigenvalue weighted by molar-refractivity contribution is 5.79. The number of amides is 1. The standard InChI is InChI=1S/C20H29NO2/c1-4-14(2)18-7-5-6-8-19(18)23-13-20(22)21(17-11-12-17)15(3)16-9-10-16/h5-8,14-17H,4,9-13H2,1-3H3. The zero-order valence-corrected chi connectivity index (χ0v) is 14.6. The van der Waals surface area contributed by atoms with Crippen LogP contribution in [0.3, 0.4) is 0 Å². The molecule has 0 bridgehead atoms. The maximum Gasteiger partial charge on any atom is 0.261 e. The van der Waals surface area contributed by atoms with Crippen LogP contribution < -0.4 is 4.74 Å². The minimum absolute atomic E-state index is 0.158.